The summed E-state index contributed by atoms with van der Waals surface area (Å²) in [5, 5.41) is 11.9. The van der Waals surface area contributed by atoms with Gasteiger partial charge in [-0.2, -0.15) is 0 Å². The topological polar surface area (TPSA) is 55.8 Å². The molecular formula is C19H22FN3O2. The number of carbonyl (C=O) groups excluding carboxylic acids is 1. The van der Waals surface area contributed by atoms with E-state index in [9.17, 15) is 14.3 Å². The minimum atomic E-state index is -0.346. The molecule has 3 rings (SSSR count). The van der Waals surface area contributed by atoms with Gasteiger partial charge >= 0.3 is 0 Å². The highest BCUT2D eigenvalue weighted by atomic mass is 19.1. The van der Waals surface area contributed by atoms with Crippen molar-refractivity contribution in [3.63, 3.8) is 0 Å². The van der Waals surface area contributed by atoms with Gasteiger partial charge < -0.3 is 20.2 Å². The van der Waals surface area contributed by atoms with Gasteiger partial charge in [-0.05, 0) is 63.0 Å². The molecule has 0 aromatic heterocycles. The Balaban J connectivity index is 1.70. The molecule has 1 aliphatic heterocycles. The Morgan fingerprint density at radius 3 is 2.56 bits per heavy atom. The summed E-state index contributed by atoms with van der Waals surface area (Å²) in [5.74, 6) is -0.600. The second kappa shape index (κ2) is 7.11. The third-order valence-electron chi connectivity index (χ3n) is 4.57. The number of likely N-dealkylation sites (N-methyl/N-ethyl adjacent to an activating group) is 1. The Bertz CT molecular complexity index is 762. The number of aromatic hydroxyl groups is 1. The molecule has 0 saturated carbocycles. The van der Waals surface area contributed by atoms with Crippen LogP contribution in [-0.4, -0.2) is 49.1 Å². The third kappa shape index (κ3) is 3.91. The molecule has 6 heteroatoms. The van der Waals surface area contributed by atoms with E-state index >= 15 is 0 Å². The maximum Gasteiger partial charge on any atom is 0.255 e. The number of benzene rings is 2. The second-order valence-electron chi connectivity index (χ2n) is 6.52. The van der Waals surface area contributed by atoms with E-state index in [4.69, 9.17) is 0 Å². The molecule has 1 saturated heterocycles. The van der Waals surface area contributed by atoms with Crippen molar-refractivity contribution in [1.82, 2.24) is 4.90 Å². The van der Waals surface area contributed by atoms with E-state index in [1.807, 2.05) is 19.0 Å². The van der Waals surface area contributed by atoms with Crippen LogP contribution >= 0.6 is 0 Å². The van der Waals surface area contributed by atoms with Crippen molar-refractivity contribution in [2.24, 2.45) is 0 Å². The molecule has 25 heavy (non-hydrogen) atoms. The molecule has 2 aromatic rings. The molecule has 1 amide bonds. The first-order chi connectivity index (χ1) is 11.9. The van der Waals surface area contributed by atoms with E-state index in [2.05, 4.69) is 10.2 Å². The molecule has 2 N–H and O–H groups in total. The predicted molar refractivity (Wildman–Crippen MR) is 96.8 cm³/mol. The number of halogens is 1. The number of hydrogen-bond acceptors (Lipinski definition) is 4. The number of anilines is 2. The lowest BCUT2D eigenvalue weighted by molar-refractivity contribution is 0.102. The van der Waals surface area contributed by atoms with E-state index in [0.717, 1.165) is 19.5 Å². The van der Waals surface area contributed by atoms with Crippen LogP contribution < -0.4 is 10.2 Å². The summed E-state index contributed by atoms with van der Waals surface area (Å²) in [7, 11) is 4.07. The molecular weight excluding hydrogens is 321 g/mol. The molecule has 0 radical (unpaired) electrons. The highest BCUT2D eigenvalue weighted by molar-refractivity contribution is 6.04. The van der Waals surface area contributed by atoms with Gasteiger partial charge in [-0.25, -0.2) is 4.39 Å². The lowest BCUT2D eigenvalue weighted by Gasteiger charge is -2.22. The van der Waals surface area contributed by atoms with Crippen LogP contribution in [0, 0.1) is 5.82 Å². The maximum absolute atomic E-state index is 14.5. The molecule has 0 spiro atoms. The molecule has 5 nitrogen and oxygen atoms in total. The van der Waals surface area contributed by atoms with E-state index in [-0.39, 0.29) is 17.5 Å². The summed E-state index contributed by atoms with van der Waals surface area (Å²) >= 11 is 0. The molecule has 1 unspecified atom stereocenters. The molecule has 1 heterocycles. The van der Waals surface area contributed by atoms with Crippen molar-refractivity contribution in [1.29, 1.82) is 0 Å². The van der Waals surface area contributed by atoms with Gasteiger partial charge in [-0.1, -0.05) is 0 Å². The van der Waals surface area contributed by atoms with Crippen LogP contribution in [0.15, 0.2) is 42.5 Å². The number of nitrogens with zero attached hydrogens (tertiary/aromatic N) is 2. The van der Waals surface area contributed by atoms with Crippen molar-refractivity contribution in [2.45, 2.75) is 12.5 Å². The van der Waals surface area contributed by atoms with E-state index in [0.29, 0.717) is 23.0 Å². The summed E-state index contributed by atoms with van der Waals surface area (Å²) < 4.78 is 14.5. The minimum Gasteiger partial charge on any atom is -0.508 e. The highest BCUT2D eigenvalue weighted by Crippen LogP contribution is 2.27. The van der Waals surface area contributed by atoms with Crippen LogP contribution in [0.4, 0.5) is 15.8 Å². The van der Waals surface area contributed by atoms with Gasteiger partial charge in [0.25, 0.3) is 5.91 Å². The van der Waals surface area contributed by atoms with Gasteiger partial charge in [0.05, 0.1) is 5.69 Å². The average molecular weight is 343 g/mol. The maximum atomic E-state index is 14.5. The SMILES string of the molecule is CN(C)C1CCN(c2ccc(NC(=O)c3ccc(O)cc3)cc2F)C1. The van der Waals surface area contributed by atoms with Gasteiger partial charge in [0.1, 0.15) is 11.6 Å². The summed E-state index contributed by atoms with van der Waals surface area (Å²) in [5.41, 5.74) is 1.37. The Hall–Kier alpha value is -2.60. The minimum absolute atomic E-state index is 0.0913. The fourth-order valence-electron chi connectivity index (χ4n) is 3.04. The van der Waals surface area contributed by atoms with Gasteiger partial charge in [-0.3, -0.25) is 4.79 Å². The van der Waals surface area contributed by atoms with Crippen molar-refractivity contribution in [3.8, 4) is 5.75 Å². The smallest absolute Gasteiger partial charge is 0.255 e. The average Bonchev–Trinajstić information content (AvgIpc) is 3.05. The number of nitrogens with one attached hydrogen (secondary N) is 1. The second-order valence-corrected chi connectivity index (χ2v) is 6.52. The zero-order chi connectivity index (χ0) is 18.0. The third-order valence-corrected chi connectivity index (χ3v) is 4.57. The first-order valence-corrected chi connectivity index (χ1v) is 8.25. The molecule has 0 aliphatic carbocycles. The fourth-order valence-corrected chi connectivity index (χ4v) is 3.04. The summed E-state index contributed by atoms with van der Waals surface area (Å²) in [6, 6.07) is 11.1. The fraction of sp³-hybridized carbons (Fsp3) is 0.316. The molecule has 1 fully saturated rings. The van der Waals surface area contributed by atoms with Crippen molar-refractivity contribution in [2.75, 3.05) is 37.4 Å². The number of rotatable bonds is 4. The van der Waals surface area contributed by atoms with Crippen molar-refractivity contribution >= 4 is 17.3 Å². The molecule has 0 bridgehead atoms. The first kappa shape index (κ1) is 17.2. The zero-order valence-electron chi connectivity index (χ0n) is 14.4. The van der Waals surface area contributed by atoms with E-state index in [1.54, 1.807) is 12.1 Å². The van der Waals surface area contributed by atoms with Crippen molar-refractivity contribution in [3.05, 3.63) is 53.8 Å². The van der Waals surface area contributed by atoms with Crippen LogP contribution in [-0.2, 0) is 0 Å². The first-order valence-electron chi connectivity index (χ1n) is 8.25. The number of hydrogen-bond donors (Lipinski definition) is 2. The van der Waals surface area contributed by atoms with Crippen LogP contribution in [0.3, 0.4) is 0 Å². The van der Waals surface area contributed by atoms with Crippen LogP contribution in [0.2, 0.25) is 0 Å². The number of carbonyl (C=O) groups is 1. The number of phenols is 1. The molecule has 2 aromatic carbocycles. The summed E-state index contributed by atoms with van der Waals surface area (Å²) in [6.45, 7) is 1.61. The van der Waals surface area contributed by atoms with E-state index < -0.39 is 0 Å². The lowest BCUT2D eigenvalue weighted by Crippen LogP contribution is -2.31. The highest BCUT2D eigenvalue weighted by Gasteiger charge is 2.25. The van der Waals surface area contributed by atoms with Gasteiger partial charge in [-0.15, -0.1) is 0 Å². The standard InChI is InChI=1S/C19H22FN3O2/c1-22(2)15-9-10-23(12-15)18-8-5-14(11-17(18)20)21-19(25)13-3-6-16(24)7-4-13/h3-8,11,15,24H,9-10,12H2,1-2H3,(H,21,25). The van der Waals surface area contributed by atoms with Gasteiger partial charge in [0.15, 0.2) is 0 Å². The number of amides is 1. The van der Waals surface area contributed by atoms with Crippen LogP contribution in [0.25, 0.3) is 0 Å². The molecule has 1 atom stereocenters. The van der Waals surface area contributed by atoms with Gasteiger partial charge in [0.2, 0.25) is 0 Å². The monoisotopic (exact) mass is 343 g/mol. The quantitative estimate of drug-likeness (QED) is 0.896. The van der Waals surface area contributed by atoms with Gasteiger partial charge in [0, 0.05) is 30.4 Å². The largest absolute Gasteiger partial charge is 0.508 e. The molecule has 1 aliphatic rings. The van der Waals surface area contributed by atoms with Crippen molar-refractivity contribution < 1.29 is 14.3 Å². The Morgan fingerprint density at radius 2 is 1.96 bits per heavy atom. The Morgan fingerprint density at radius 1 is 1.24 bits per heavy atom. The normalized spacial score (nSPS) is 17.1. The van der Waals surface area contributed by atoms with Crippen LogP contribution in [0.1, 0.15) is 16.8 Å². The van der Waals surface area contributed by atoms with E-state index in [1.165, 1.54) is 30.3 Å². The summed E-state index contributed by atoms with van der Waals surface area (Å²) in [4.78, 5) is 16.4. The zero-order valence-corrected chi connectivity index (χ0v) is 14.4. The lowest BCUT2D eigenvalue weighted by atomic mass is 10.2. The summed E-state index contributed by atoms with van der Waals surface area (Å²) in [6.07, 6.45) is 1.01. The number of phenolic OH excluding ortho intramolecular Hbond substituents is 1. The Labute approximate surface area is 146 Å². The molecule has 132 valence electrons. The predicted octanol–water partition coefficient (Wildman–Crippen LogP) is 2.92. The Kier molecular flexibility index (Phi) is 4.90. The van der Waals surface area contributed by atoms with Crippen LogP contribution in [0.5, 0.6) is 5.75 Å².